The van der Waals surface area contributed by atoms with Gasteiger partial charge in [0.15, 0.2) is 0 Å². The third-order valence-electron chi connectivity index (χ3n) is 8.28. The van der Waals surface area contributed by atoms with Crippen molar-refractivity contribution in [2.45, 2.75) is 117 Å². The van der Waals surface area contributed by atoms with Crippen molar-refractivity contribution in [2.24, 2.45) is 11.8 Å². The molecule has 0 bridgehead atoms. The van der Waals surface area contributed by atoms with Crippen LogP contribution in [-0.2, 0) is 32.1 Å². The molecule has 0 radical (unpaired) electrons. The molecule has 11 heteroatoms. The van der Waals surface area contributed by atoms with Gasteiger partial charge in [-0.2, -0.15) is 0 Å². The number of nitrogens with one attached hydrogen (secondary N) is 3. The summed E-state index contributed by atoms with van der Waals surface area (Å²) in [5.41, 5.74) is 1.05. The van der Waals surface area contributed by atoms with E-state index in [1.165, 1.54) is 19.3 Å². The third kappa shape index (κ3) is 15.2. The largest absolute Gasteiger partial charge is 0.514 e. The highest BCUT2D eigenvalue weighted by Gasteiger charge is 2.30. The average molecular weight is 667 g/mol. The Bertz CT molecular complexity index is 1270. The van der Waals surface area contributed by atoms with Gasteiger partial charge in [-0.1, -0.05) is 51.2 Å². The van der Waals surface area contributed by atoms with E-state index in [0.717, 1.165) is 43.2 Å². The SMILES string of the molecule is CCCCCCCCNC(=O)[C@H](Cc1ccc(OC(=O)OCc2ccncc2)cc1)NC(=O)C1CCC(CNC(=O)OC(C)(C)C)CC1. The first-order chi connectivity index (χ1) is 23.0. The van der Waals surface area contributed by atoms with Crippen LogP contribution in [0.25, 0.3) is 0 Å². The van der Waals surface area contributed by atoms with Crippen LogP contribution in [-0.4, -0.2) is 53.8 Å². The number of hydrogen-bond acceptors (Lipinski definition) is 8. The van der Waals surface area contributed by atoms with Gasteiger partial charge in [0.2, 0.25) is 11.8 Å². The molecule has 1 fully saturated rings. The minimum atomic E-state index is -0.825. The molecule has 1 saturated carbocycles. The van der Waals surface area contributed by atoms with E-state index in [0.29, 0.717) is 31.7 Å². The summed E-state index contributed by atoms with van der Waals surface area (Å²) >= 11 is 0. The van der Waals surface area contributed by atoms with Crippen LogP contribution in [0.2, 0.25) is 0 Å². The zero-order valence-electron chi connectivity index (χ0n) is 29.1. The fraction of sp³-hybridized carbons (Fsp3) is 0.595. The van der Waals surface area contributed by atoms with E-state index >= 15 is 0 Å². The van der Waals surface area contributed by atoms with E-state index < -0.39 is 23.9 Å². The van der Waals surface area contributed by atoms with Gasteiger partial charge in [-0.3, -0.25) is 14.6 Å². The first-order valence-electron chi connectivity index (χ1n) is 17.4. The van der Waals surface area contributed by atoms with E-state index in [-0.39, 0.29) is 36.7 Å². The van der Waals surface area contributed by atoms with E-state index in [4.69, 9.17) is 14.2 Å². The highest BCUT2D eigenvalue weighted by atomic mass is 16.7. The number of carbonyl (C=O) groups is 4. The van der Waals surface area contributed by atoms with E-state index in [9.17, 15) is 19.2 Å². The van der Waals surface area contributed by atoms with Crippen molar-refractivity contribution >= 4 is 24.1 Å². The number of nitrogens with zero attached hydrogens (tertiary/aromatic N) is 1. The molecule has 1 aliphatic rings. The molecule has 1 heterocycles. The number of benzene rings is 1. The van der Waals surface area contributed by atoms with Crippen molar-refractivity contribution in [3.63, 3.8) is 0 Å². The van der Waals surface area contributed by atoms with Gasteiger partial charge < -0.3 is 30.2 Å². The molecule has 0 saturated heterocycles. The molecule has 0 unspecified atom stereocenters. The normalized spacial score (nSPS) is 16.7. The topological polar surface area (TPSA) is 145 Å². The zero-order valence-corrected chi connectivity index (χ0v) is 29.1. The van der Waals surface area contributed by atoms with Crippen LogP contribution < -0.4 is 20.7 Å². The van der Waals surface area contributed by atoms with Crippen LogP contribution in [0.1, 0.15) is 103 Å². The molecule has 48 heavy (non-hydrogen) atoms. The summed E-state index contributed by atoms with van der Waals surface area (Å²) < 4.78 is 15.8. The minimum absolute atomic E-state index is 0.0687. The molecule has 1 atom stereocenters. The van der Waals surface area contributed by atoms with Crippen LogP contribution in [0.4, 0.5) is 9.59 Å². The molecule has 0 aliphatic heterocycles. The smallest absolute Gasteiger partial charge is 0.444 e. The molecule has 0 spiro atoms. The Kier molecular flexibility index (Phi) is 16.2. The summed E-state index contributed by atoms with van der Waals surface area (Å²) in [5.74, 6) is 0.0269. The Morgan fingerprint density at radius 3 is 2.19 bits per heavy atom. The second kappa shape index (κ2) is 20.3. The maximum absolute atomic E-state index is 13.4. The molecule has 3 rings (SSSR count). The molecule has 264 valence electrons. The number of alkyl carbamates (subject to hydrolysis) is 1. The van der Waals surface area contributed by atoms with Crippen molar-refractivity contribution in [1.82, 2.24) is 20.9 Å². The van der Waals surface area contributed by atoms with Gasteiger partial charge in [-0.15, -0.1) is 0 Å². The third-order valence-corrected chi connectivity index (χ3v) is 8.28. The minimum Gasteiger partial charge on any atom is -0.444 e. The van der Waals surface area contributed by atoms with Crippen molar-refractivity contribution < 1.29 is 33.4 Å². The molecule has 11 nitrogen and oxygen atoms in total. The highest BCUT2D eigenvalue weighted by Crippen LogP contribution is 2.29. The molecule has 2 aromatic rings. The van der Waals surface area contributed by atoms with Crippen LogP contribution in [0.15, 0.2) is 48.8 Å². The number of hydrogen-bond donors (Lipinski definition) is 3. The Balaban J connectivity index is 1.52. The van der Waals surface area contributed by atoms with Gasteiger partial charge in [-0.05, 0) is 94.2 Å². The van der Waals surface area contributed by atoms with E-state index in [1.807, 2.05) is 20.8 Å². The quantitative estimate of drug-likeness (QED) is 0.0969. The number of rotatable bonds is 17. The van der Waals surface area contributed by atoms with E-state index in [2.05, 4.69) is 27.9 Å². The predicted molar refractivity (Wildman–Crippen MR) is 183 cm³/mol. The molecule has 1 aliphatic carbocycles. The van der Waals surface area contributed by atoms with Gasteiger partial charge in [0, 0.05) is 37.8 Å². The summed E-state index contributed by atoms with van der Waals surface area (Å²) in [6.45, 7) is 8.80. The standard InChI is InChI=1S/C37H54N4O7/c1-5-6-7-8-9-10-21-39-34(43)32(41-33(42)30-15-11-28(12-16-30)25-40-35(44)48-37(2,3)4)24-27-13-17-31(18-14-27)47-36(45)46-26-29-19-22-38-23-20-29/h13-14,17-20,22-23,28,30,32H,5-12,15-16,21,24-26H2,1-4H3,(H,39,43)(H,40,44)(H,41,42)/t28?,30?,32-/m0/s1. The monoisotopic (exact) mass is 666 g/mol. The zero-order chi connectivity index (χ0) is 34.8. The summed E-state index contributed by atoms with van der Waals surface area (Å²) in [7, 11) is 0. The average Bonchev–Trinajstić information content (AvgIpc) is 3.06. The second-order valence-electron chi connectivity index (χ2n) is 13.6. The number of amides is 3. The number of unbranched alkanes of at least 4 members (excludes halogenated alkanes) is 5. The Hall–Kier alpha value is -4.15. The Morgan fingerprint density at radius 1 is 0.854 bits per heavy atom. The van der Waals surface area contributed by atoms with Gasteiger partial charge in [0.05, 0.1) is 0 Å². The van der Waals surface area contributed by atoms with Gasteiger partial charge in [0.25, 0.3) is 0 Å². The summed E-state index contributed by atoms with van der Waals surface area (Å²) in [6, 6.07) is 9.58. The molecule has 1 aromatic heterocycles. The lowest BCUT2D eigenvalue weighted by molar-refractivity contribution is -0.131. The van der Waals surface area contributed by atoms with Gasteiger partial charge in [-0.25, -0.2) is 9.59 Å². The molecule has 3 N–H and O–H groups in total. The van der Waals surface area contributed by atoms with Crippen LogP contribution in [0.3, 0.4) is 0 Å². The fourth-order valence-electron chi connectivity index (χ4n) is 5.59. The number of aromatic nitrogens is 1. The highest BCUT2D eigenvalue weighted by molar-refractivity contribution is 5.88. The molecule has 1 aromatic carbocycles. The molecular formula is C37H54N4O7. The van der Waals surface area contributed by atoms with Gasteiger partial charge >= 0.3 is 12.2 Å². The predicted octanol–water partition coefficient (Wildman–Crippen LogP) is 6.63. The van der Waals surface area contributed by atoms with Crippen LogP contribution >= 0.6 is 0 Å². The maximum Gasteiger partial charge on any atom is 0.514 e. The molecule has 3 amide bonds. The number of ether oxygens (including phenoxy) is 3. The van der Waals surface area contributed by atoms with Crippen molar-refractivity contribution in [1.29, 1.82) is 0 Å². The lowest BCUT2D eigenvalue weighted by atomic mass is 9.81. The maximum atomic E-state index is 13.4. The molecular weight excluding hydrogens is 612 g/mol. The van der Waals surface area contributed by atoms with Crippen molar-refractivity contribution in [2.75, 3.05) is 13.1 Å². The fourth-order valence-corrected chi connectivity index (χ4v) is 5.59. The summed E-state index contributed by atoms with van der Waals surface area (Å²) in [4.78, 5) is 54.9. The van der Waals surface area contributed by atoms with Crippen molar-refractivity contribution in [3.05, 3.63) is 59.9 Å². The van der Waals surface area contributed by atoms with E-state index in [1.54, 1.807) is 48.8 Å². The van der Waals surface area contributed by atoms with Crippen LogP contribution in [0, 0.1) is 11.8 Å². The number of pyridine rings is 1. The summed E-state index contributed by atoms with van der Waals surface area (Å²) in [5, 5.41) is 8.89. The number of carbonyl (C=O) groups excluding carboxylic acids is 4. The van der Waals surface area contributed by atoms with Crippen molar-refractivity contribution in [3.8, 4) is 5.75 Å². The van der Waals surface area contributed by atoms with Crippen LogP contribution in [0.5, 0.6) is 5.75 Å². The Morgan fingerprint density at radius 2 is 1.52 bits per heavy atom. The van der Waals surface area contributed by atoms with Gasteiger partial charge in [0.1, 0.15) is 24.0 Å². The second-order valence-corrected chi connectivity index (χ2v) is 13.6. The lowest BCUT2D eigenvalue weighted by Crippen LogP contribution is -2.50. The first-order valence-corrected chi connectivity index (χ1v) is 17.4. The summed E-state index contributed by atoms with van der Waals surface area (Å²) in [6.07, 6.45) is 11.9. The lowest BCUT2D eigenvalue weighted by Gasteiger charge is -2.29. The first kappa shape index (κ1) is 38.3. The Labute approximate surface area is 285 Å².